The van der Waals surface area contributed by atoms with Crippen LogP contribution in [0.2, 0.25) is 0 Å². The minimum Gasteiger partial charge on any atom is -0.481 e. The standard InChI is InChI=1S/C18H24N2O2/c1-12-6-8-15(13(2)10-12)17-14(7-9-16(21)22)11-20(19-17)18(3,4)5/h6,8,10-11H,7,9H2,1-5H3,(H,21,22). The Kier molecular flexibility index (Phi) is 4.40. The summed E-state index contributed by atoms with van der Waals surface area (Å²) < 4.78 is 1.93. The molecule has 0 fully saturated rings. The Morgan fingerprint density at radius 2 is 1.95 bits per heavy atom. The Morgan fingerprint density at radius 3 is 2.50 bits per heavy atom. The molecule has 0 spiro atoms. The van der Waals surface area contributed by atoms with E-state index in [2.05, 4.69) is 52.8 Å². The van der Waals surface area contributed by atoms with Crippen LogP contribution < -0.4 is 0 Å². The van der Waals surface area contributed by atoms with Gasteiger partial charge in [-0.1, -0.05) is 23.8 Å². The smallest absolute Gasteiger partial charge is 0.303 e. The number of aliphatic carboxylic acids is 1. The van der Waals surface area contributed by atoms with Crippen LogP contribution in [-0.4, -0.2) is 20.9 Å². The zero-order valence-electron chi connectivity index (χ0n) is 14.0. The van der Waals surface area contributed by atoms with Gasteiger partial charge in [0.15, 0.2) is 0 Å². The van der Waals surface area contributed by atoms with Gasteiger partial charge in [-0.15, -0.1) is 0 Å². The molecule has 0 bridgehead atoms. The molecule has 1 aromatic carbocycles. The zero-order chi connectivity index (χ0) is 16.5. The van der Waals surface area contributed by atoms with Gasteiger partial charge in [0, 0.05) is 18.2 Å². The number of nitrogens with zero attached hydrogens (tertiary/aromatic N) is 2. The van der Waals surface area contributed by atoms with E-state index in [0.717, 1.165) is 22.4 Å². The molecule has 2 rings (SSSR count). The predicted octanol–water partition coefficient (Wildman–Crippen LogP) is 3.94. The van der Waals surface area contributed by atoms with Gasteiger partial charge in [-0.3, -0.25) is 9.48 Å². The van der Waals surface area contributed by atoms with E-state index in [1.165, 1.54) is 5.56 Å². The number of carbonyl (C=O) groups is 1. The van der Waals surface area contributed by atoms with Crippen molar-refractivity contribution >= 4 is 5.97 Å². The van der Waals surface area contributed by atoms with E-state index >= 15 is 0 Å². The lowest BCUT2D eigenvalue weighted by Crippen LogP contribution is -2.22. The molecule has 0 amide bonds. The van der Waals surface area contributed by atoms with E-state index < -0.39 is 5.97 Å². The topological polar surface area (TPSA) is 55.1 Å². The number of carboxylic acids is 1. The van der Waals surface area contributed by atoms with Gasteiger partial charge in [0.25, 0.3) is 0 Å². The summed E-state index contributed by atoms with van der Waals surface area (Å²) in [6.07, 6.45) is 2.60. The number of hydrogen-bond donors (Lipinski definition) is 1. The molecule has 2 aromatic rings. The van der Waals surface area contributed by atoms with E-state index in [1.807, 2.05) is 10.9 Å². The zero-order valence-corrected chi connectivity index (χ0v) is 14.0. The van der Waals surface area contributed by atoms with Crippen molar-refractivity contribution in [3.05, 3.63) is 41.1 Å². The van der Waals surface area contributed by atoms with Gasteiger partial charge in [0.05, 0.1) is 11.2 Å². The lowest BCUT2D eigenvalue weighted by Gasteiger charge is -2.19. The van der Waals surface area contributed by atoms with E-state index in [0.29, 0.717) is 6.42 Å². The van der Waals surface area contributed by atoms with E-state index in [9.17, 15) is 4.79 Å². The molecule has 0 radical (unpaired) electrons. The molecule has 0 aliphatic carbocycles. The van der Waals surface area contributed by atoms with Crippen molar-refractivity contribution in [3.63, 3.8) is 0 Å². The maximum absolute atomic E-state index is 10.9. The molecule has 0 aliphatic heterocycles. The van der Waals surface area contributed by atoms with Crippen LogP contribution in [0, 0.1) is 13.8 Å². The predicted molar refractivity (Wildman–Crippen MR) is 88.1 cm³/mol. The van der Waals surface area contributed by atoms with Gasteiger partial charge >= 0.3 is 5.97 Å². The Labute approximate surface area is 131 Å². The molecule has 0 saturated heterocycles. The normalized spacial score (nSPS) is 11.7. The summed E-state index contributed by atoms with van der Waals surface area (Å²) in [6.45, 7) is 10.4. The highest BCUT2D eigenvalue weighted by Crippen LogP contribution is 2.29. The molecule has 1 N–H and O–H groups in total. The summed E-state index contributed by atoms with van der Waals surface area (Å²) in [5, 5.41) is 13.7. The number of aromatic nitrogens is 2. The molecule has 0 atom stereocenters. The third kappa shape index (κ3) is 3.56. The van der Waals surface area contributed by atoms with Crippen LogP contribution >= 0.6 is 0 Å². The summed E-state index contributed by atoms with van der Waals surface area (Å²) in [7, 11) is 0. The molecule has 0 saturated carbocycles. The highest BCUT2D eigenvalue weighted by atomic mass is 16.4. The molecule has 22 heavy (non-hydrogen) atoms. The summed E-state index contributed by atoms with van der Waals surface area (Å²) in [5.41, 5.74) is 5.21. The van der Waals surface area contributed by atoms with Gasteiger partial charge in [-0.2, -0.15) is 5.10 Å². The van der Waals surface area contributed by atoms with Crippen LogP contribution in [0.15, 0.2) is 24.4 Å². The van der Waals surface area contributed by atoms with Crippen molar-refractivity contribution in [2.24, 2.45) is 0 Å². The van der Waals surface area contributed by atoms with Crippen LogP contribution in [-0.2, 0) is 16.8 Å². The van der Waals surface area contributed by atoms with Crippen LogP contribution in [0.5, 0.6) is 0 Å². The number of benzene rings is 1. The van der Waals surface area contributed by atoms with Crippen molar-refractivity contribution in [2.45, 2.75) is 53.0 Å². The van der Waals surface area contributed by atoms with Crippen LogP contribution in [0.4, 0.5) is 0 Å². The Bertz CT molecular complexity index is 694. The van der Waals surface area contributed by atoms with E-state index in [1.54, 1.807) is 0 Å². The number of hydrogen-bond acceptors (Lipinski definition) is 2. The molecule has 0 aliphatic rings. The first-order chi connectivity index (χ1) is 10.2. The second kappa shape index (κ2) is 5.95. The molecule has 1 aromatic heterocycles. The summed E-state index contributed by atoms with van der Waals surface area (Å²) in [5.74, 6) is -0.782. The fourth-order valence-corrected chi connectivity index (χ4v) is 2.48. The molecule has 1 heterocycles. The highest BCUT2D eigenvalue weighted by Gasteiger charge is 2.20. The maximum atomic E-state index is 10.9. The third-order valence-electron chi connectivity index (χ3n) is 3.72. The fraction of sp³-hybridized carbons (Fsp3) is 0.444. The van der Waals surface area contributed by atoms with Crippen molar-refractivity contribution in [2.75, 3.05) is 0 Å². The lowest BCUT2D eigenvalue weighted by molar-refractivity contribution is -0.136. The molecular formula is C18H24N2O2. The Morgan fingerprint density at radius 1 is 1.27 bits per heavy atom. The monoisotopic (exact) mass is 300 g/mol. The second-order valence-electron chi connectivity index (χ2n) is 6.83. The maximum Gasteiger partial charge on any atom is 0.303 e. The van der Waals surface area contributed by atoms with Gasteiger partial charge < -0.3 is 5.11 Å². The van der Waals surface area contributed by atoms with Crippen molar-refractivity contribution in [3.8, 4) is 11.3 Å². The molecule has 0 unspecified atom stereocenters. The number of rotatable bonds is 4. The van der Waals surface area contributed by atoms with Crippen LogP contribution in [0.3, 0.4) is 0 Å². The van der Waals surface area contributed by atoms with Crippen molar-refractivity contribution in [1.29, 1.82) is 0 Å². The van der Waals surface area contributed by atoms with Gasteiger partial charge in [0.2, 0.25) is 0 Å². The number of aryl methyl sites for hydroxylation is 3. The minimum atomic E-state index is -0.782. The minimum absolute atomic E-state index is 0.119. The quantitative estimate of drug-likeness (QED) is 0.930. The average molecular weight is 300 g/mol. The average Bonchev–Trinajstić information content (AvgIpc) is 2.80. The third-order valence-corrected chi connectivity index (χ3v) is 3.72. The Hall–Kier alpha value is -2.10. The van der Waals surface area contributed by atoms with Crippen molar-refractivity contribution < 1.29 is 9.90 Å². The van der Waals surface area contributed by atoms with Gasteiger partial charge in [-0.05, 0) is 52.2 Å². The lowest BCUT2D eigenvalue weighted by atomic mass is 9.99. The first-order valence-corrected chi connectivity index (χ1v) is 7.57. The summed E-state index contributed by atoms with van der Waals surface area (Å²) in [4.78, 5) is 10.9. The van der Waals surface area contributed by atoms with Crippen LogP contribution in [0.1, 0.15) is 43.9 Å². The molecule has 4 nitrogen and oxygen atoms in total. The SMILES string of the molecule is Cc1ccc(-c2nn(C(C)(C)C)cc2CCC(=O)O)c(C)c1. The van der Waals surface area contributed by atoms with Gasteiger partial charge in [-0.25, -0.2) is 0 Å². The summed E-state index contributed by atoms with van der Waals surface area (Å²) >= 11 is 0. The largest absolute Gasteiger partial charge is 0.481 e. The molecular weight excluding hydrogens is 276 g/mol. The second-order valence-corrected chi connectivity index (χ2v) is 6.83. The fourth-order valence-electron chi connectivity index (χ4n) is 2.48. The van der Waals surface area contributed by atoms with Crippen LogP contribution in [0.25, 0.3) is 11.3 Å². The van der Waals surface area contributed by atoms with Gasteiger partial charge in [0.1, 0.15) is 0 Å². The molecule has 118 valence electrons. The molecule has 4 heteroatoms. The number of carboxylic acid groups (broad SMARTS) is 1. The highest BCUT2D eigenvalue weighted by molar-refractivity contribution is 5.70. The van der Waals surface area contributed by atoms with E-state index in [-0.39, 0.29) is 12.0 Å². The summed E-state index contributed by atoms with van der Waals surface area (Å²) in [6, 6.07) is 6.27. The first-order valence-electron chi connectivity index (χ1n) is 7.57. The van der Waals surface area contributed by atoms with E-state index in [4.69, 9.17) is 10.2 Å². The first kappa shape index (κ1) is 16.3. The van der Waals surface area contributed by atoms with Crippen molar-refractivity contribution in [1.82, 2.24) is 9.78 Å². The Balaban J connectivity index is 2.52.